The lowest BCUT2D eigenvalue weighted by atomic mass is 9.98. The van der Waals surface area contributed by atoms with Crippen LogP contribution in [0.2, 0.25) is 0 Å². The van der Waals surface area contributed by atoms with Gasteiger partial charge in [-0.2, -0.15) is 0 Å². The van der Waals surface area contributed by atoms with Crippen LogP contribution in [0.3, 0.4) is 0 Å². The molecule has 41 heavy (non-hydrogen) atoms. The van der Waals surface area contributed by atoms with Gasteiger partial charge in [0.05, 0.1) is 13.0 Å². The van der Waals surface area contributed by atoms with E-state index in [-0.39, 0.29) is 18.3 Å². The Morgan fingerprint density at radius 3 is 2.68 bits per heavy atom. The molecule has 0 radical (unpaired) electrons. The van der Waals surface area contributed by atoms with Crippen LogP contribution in [0.25, 0.3) is 0 Å². The second-order valence-electron chi connectivity index (χ2n) is 11.9. The normalized spacial score (nSPS) is 29.1. The first-order valence-electron chi connectivity index (χ1n) is 15.5. The number of nitrogens with zero attached hydrogens (tertiary/aromatic N) is 4. The molecule has 0 aromatic heterocycles. The fraction of sp³-hybridized carbons (Fsp3) is 0.576. The van der Waals surface area contributed by atoms with Gasteiger partial charge in [0.25, 0.3) is 0 Å². The summed E-state index contributed by atoms with van der Waals surface area (Å²) in [6.45, 7) is 15.0. The first kappa shape index (κ1) is 29.2. The van der Waals surface area contributed by atoms with Crippen LogP contribution in [0.5, 0.6) is 0 Å². The van der Waals surface area contributed by atoms with Crippen molar-refractivity contribution in [3.8, 4) is 0 Å². The summed E-state index contributed by atoms with van der Waals surface area (Å²) in [5.74, 6) is 2.09. The van der Waals surface area contributed by atoms with Crippen molar-refractivity contribution in [2.24, 2.45) is 4.99 Å². The van der Waals surface area contributed by atoms with E-state index in [1.54, 1.807) is 0 Å². The molecule has 222 valence electrons. The van der Waals surface area contributed by atoms with Crippen molar-refractivity contribution in [1.29, 1.82) is 0 Å². The lowest BCUT2D eigenvalue weighted by Crippen LogP contribution is -2.51. The van der Waals surface area contributed by atoms with E-state index in [1.165, 1.54) is 29.8 Å². The molecule has 2 fully saturated rings. The Bertz CT molecular complexity index is 1210. The van der Waals surface area contributed by atoms with Crippen LogP contribution in [0.4, 0.5) is 0 Å². The zero-order valence-electron chi connectivity index (χ0n) is 25.5. The topological polar surface area (TPSA) is 72.4 Å². The number of amidine groups is 1. The standard InChI is InChI=1S/C33H48N6O2/c1-6-41-31(40)21-28-20-23(2)32(34-26(28)5)37-17-15-25(4)38(19-18-37)30-22-29(27-13-9-7-8-10-14-27)35-33(36-30)39-16-11-12-24(39)3/h7,9-10,13-14,20,22,24-26,33-35H,6,8,11-12,15-19,21H2,1-5H3/t24?,25-,26?,33?/m1/s1. The molecule has 0 amide bonds. The summed E-state index contributed by atoms with van der Waals surface area (Å²) < 4.78 is 5.19. The maximum Gasteiger partial charge on any atom is 0.309 e. The molecular weight excluding hydrogens is 512 g/mol. The van der Waals surface area contributed by atoms with E-state index >= 15 is 0 Å². The smallest absolute Gasteiger partial charge is 0.309 e. The summed E-state index contributed by atoms with van der Waals surface area (Å²) in [6.07, 6.45) is 20.2. The van der Waals surface area contributed by atoms with Gasteiger partial charge in [-0.15, -0.1) is 0 Å². The molecule has 4 heterocycles. The van der Waals surface area contributed by atoms with Gasteiger partial charge in [-0.05, 0) is 77.0 Å². The number of allylic oxidation sites excluding steroid dienone is 7. The first-order chi connectivity index (χ1) is 19.8. The number of dihydropyridines is 1. The average Bonchev–Trinajstić information content (AvgIpc) is 3.12. The van der Waals surface area contributed by atoms with Crippen molar-refractivity contribution < 1.29 is 9.53 Å². The molecule has 4 atom stereocenters. The zero-order valence-corrected chi connectivity index (χ0v) is 25.5. The number of nitrogens with one attached hydrogen (secondary N) is 2. The van der Waals surface area contributed by atoms with Crippen LogP contribution in [-0.4, -0.2) is 83.7 Å². The highest BCUT2D eigenvalue weighted by atomic mass is 16.5. The molecule has 0 saturated carbocycles. The van der Waals surface area contributed by atoms with Crippen LogP contribution in [-0.2, 0) is 9.53 Å². The Balaban J connectivity index is 1.37. The van der Waals surface area contributed by atoms with E-state index in [0.717, 1.165) is 56.1 Å². The van der Waals surface area contributed by atoms with E-state index in [1.807, 2.05) is 6.92 Å². The summed E-state index contributed by atoms with van der Waals surface area (Å²) in [6, 6.07) is 0.970. The summed E-state index contributed by atoms with van der Waals surface area (Å²) >= 11 is 0. The SMILES string of the molecule is CCOC(=O)CC1=CC(C)=C(N2CC[C@@H](C)N(C3=NC(N4CCCC4C)NC(C4=CC=CCC=C4)=C3)CC2)NC1C. The van der Waals surface area contributed by atoms with Crippen LogP contribution in [0, 0.1) is 0 Å². The Labute approximate surface area is 246 Å². The highest BCUT2D eigenvalue weighted by Gasteiger charge is 2.33. The second kappa shape index (κ2) is 13.1. The molecule has 4 aliphatic heterocycles. The highest BCUT2D eigenvalue weighted by Crippen LogP contribution is 2.28. The molecule has 8 heteroatoms. The Morgan fingerprint density at radius 2 is 1.90 bits per heavy atom. The molecule has 0 aromatic rings. The van der Waals surface area contributed by atoms with Crippen LogP contribution in [0.15, 0.2) is 75.8 Å². The number of rotatable bonds is 6. The molecule has 5 aliphatic rings. The number of carbonyl (C=O) groups excluding carboxylic acids is 1. The monoisotopic (exact) mass is 560 g/mol. The van der Waals surface area contributed by atoms with Gasteiger partial charge in [0.2, 0.25) is 0 Å². The average molecular weight is 561 g/mol. The highest BCUT2D eigenvalue weighted by molar-refractivity contribution is 5.95. The van der Waals surface area contributed by atoms with Gasteiger partial charge >= 0.3 is 5.97 Å². The number of hydrogen-bond donors (Lipinski definition) is 2. The number of carbonyl (C=O) groups is 1. The van der Waals surface area contributed by atoms with Gasteiger partial charge in [-0.25, -0.2) is 4.99 Å². The van der Waals surface area contributed by atoms with Crippen LogP contribution in [0.1, 0.15) is 66.7 Å². The van der Waals surface area contributed by atoms with E-state index in [0.29, 0.717) is 25.1 Å². The van der Waals surface area contributed by atoms with E-state index < -0.39 is 0 Å². The van der Waals surface area contributed by atoms with Crippen molar-refractivity contribution in [1.82, 2.24) is 25.3 Å². The maximum absolute atomic E-state index is 12.1. The van der Waals surface area contributed by atoms with E-state index in [2.05, 4.69) is 95.6 Å². The van der Waals surface area contributed by atoms with Crippen molar-refractivity contribution in [3.63, 3.8) is 0 Å². The number of hydrogen-bond acceptors (Lipinski definition) is 8. The molecule has 8 nitrogen and oxygen atoms in total. The van der Waals surface area contributed by atoms with E-state index in [4.69, 9.17) is 9.73 Å². The molecule has 5 rings (SSSR count). The minimum atomic E-state index is -0.161. The van der Waals surface area contributed by atoms with Crippen LogP contribution < -0.4 is 10.6 Å². The van der Waals surface area contributed by atoms with Crippen LogP contribution >= 0.6 is 0 Å². The van der Waals surface area contributed by atoms with Gasteiger partial charge < -0.3 is 25.2 Å². The van der Waals surface area contributed by atoms with Gasteiger partial charge in [0, 0.05) is 56.1 Å². The number of ether oxygens (including phenoxy) is 1. The quantitative estimate of drug-likeness (QED) is 0.461. The summed E-state index contributed by atoms with van der Waals surface area (Å²) in [7, 11) is 0. The molecule has 1 aliphatic carbocycles. The number of likely N-dealkylation sites (tertiary alicyclic amines) is 1. The molecule has 0 spiro atoms. The molecule has 2 N–H and O–H groups in total. The van der Waals surface area contributed by atoms with Crippen molar-refractivity contribution in [3.05, 3.63) is 70.8 Å². The van der Waals surface area contributed by atoms with Gasteiger partial charge in [0.15, 0.2) is 6.29 Å². The predicted octanol–water partition coefficient (Wildman–Crippen LogP) is 4.58. The summed E-state index contributed by atoms with van der Waals surface area (Å²) in [5, 5.41) is 7.48. The molecule has 3 unspecified atom stereocenters. The van der Waals surface area contributed by atoms with E-state index in [9.17, 15) is 4.79 Å². The summed E-state index contributed by atoms with van der Waals surface area (Å²) in [5.41, 5.74) is 4.61. The Kier molecular flexibility index (Phi) is 9.38. The lowest BCUT2D eigenvalue weighted by Gasteiger charge is -2.37. The van der Waals surface area contributed by atoms with Gasteiger partial charge in [0.1, 0.15) is 11.7 Å². The zero-order chi connectivity index (χ0) is 28.9. The first-order valence-corrected chi connectivity index (χ1v) is 15.5. The molecule has 0 bridgehead atoms. The second-order valence-corrected chi connectivity index (χ2v) is 11.9. The third-order valence-corrected chi connectivity index (χ3v) is 8.93. The number of aliphatic imine (C=N–C) groups is 1. The molecule has 2 saturated heterocycles. The van der Waals surface area contributed by atoms with Gasteiger partial charge in [-0.3, -0.25) is 9.69 Å². The minimum absolute atomic E-state index is 0.0515. The molecular formula is C33H48N6O2. The molecule has 0 aromatic carbocycles. The Hall–Kier alpha value is -3.26. The van der Waals surface area contributed by atoms with Crippen molar-refractivity contribution in [2.45, 2.75) is 91.1 Å². The minimum Gasteiger partial charge on any atom is -0.466 e. The Morgan fingerprint density at radius 1 is 1.05 bits per heavy atom. The predicted molar refractivity (Wildman–Crippen MR) is 166 cm³/mol. The van der Waals surface area contributed by atoms with Crippen molar-refractivity contribution in [2.75, 3.05) is 32.8 Å². The van der Waals surface area contributed by atoms with Gasteiger partial charge in [-0.1, -0.05) is 36.5 Å². The summed E-state index contributed by atoms with van der Waals surface area (Å²) in [4.78, 5) is 25.0. The third kappa shape index (κ3) is 6.80. The largest absolute Gasteiger partial charge is 0.466 e. The fourth-order valence-corrected chi connectivity index (χ4v) is 6.49. The van der Waals surface area contributed by atoms with Crippen molar-refractivity contribution >= 4 is 11.8 Å². The lowest BCUT2D eigenvalue weighted by molar-refractivity contribution is -0.142. The maximum atomic E-state index is 12.1. The third-order valence-electron chi connectivity index (χ3n) is 8.93. The number of esters is 1. The fourth-order valence-electron chi connectivity index (χ4n) is 6.49.